The highest BCUT2D eigenvalue weighted by molar-refractivity contribution is 6.06. The molecule has 1 aliphatic heterocycles. The number of carbonyl (C=O) groups excluding carboxylic acids is 1. The number of hydrogen-bond donors (Lipinski definition) is 1. The molecule has 2 aromatic rings. The second kappa shape index (κ2) is 4.38. The molecule has 3 heterocycles. The predicted molar refractivity (Wildman–Crippen MR) is 80.2 cm³/mol. The molecule has 0 fully saturated rings. The summed E-state index contributed by atoms with van der Waals surface area (Å²) in [6.07, 6.45) is 5.21. The van der Waals surface area contributed by atoms with Crippen molar-refractivity contribution in [3.8, 4) is 0 Å². The standard InChI is InChI=1S/C17H17N3O/c1-2-4-12-7-6-11-9-17(10-14(11)19-12)13-5-3-8-18-15(13)20-16(17)21/h3,5-8H,2,4,9-10H2,1H3,(H,18,20,21)/t17-/m1/s1. The van der Waals surface area contributed by atoms with Gasteiger partial charge in [-0.2, -0.15) is 0 Å². The molecule has 1 atom stereocenters. The fourth-order valence-electron chi connectivity index (χ4n) is 3.55. The summed E-state index contributed by atoms with van der Waals surface area (Å²) < 4.78 is 0. The van der Waals surface area contributed by atoms with Gasteiger partial charge in [0.05, 0.1) is 5.41 Å². The Morgan fingerprint density at radius 2 is 2.19 bits per heavy atom. The minimum absolute atomic E-state index is 0.0613. The van der Waals surface area contributed by atoms with E-state index in [9.17, 15) is 4.79 Å². The van der Waals surface area contributed by atoms with E-state index < -0.39 is 5.41 Å². The molecular weight excluding hydrogens is 262 g/mol. The first-order valence-corrected chi connectivity index (χ1v) is 7.47. The third kappa shape index (κ3) is 1.71. The summed E-state index contributed by atoms with van der Waals surface area (Å²) in [4.78, 5) is 21.6. The van der Waals surface area contributed by atoms with Gasteiger partial charge in [0.25, 0.3) is 0 Å². The van der Waals surface area contributed by atoms with Crippen LogP contribution in [0.3, 0.4) is 0 Å². The zero-order valence-electron chi connectivity index (χ0n) is 12.0. The van der Waals surface area contributed by atoms with Gasteiger partial charge in [0.2, 0.25) is 5.91 Å². The zero-order chi connectivity index (χ0) is 14.4. The van der Waals surface area contributed by atoms with Gasteiger partial charge in [-0.25, -0.2) is 4.98 Å². The minimum Gasteiger partial charge on any atom is -0.310 e. The van der Waals surface area contributed by atoms with Crippen molar-refractivity contribution >= 4 is 11.7 Å². The van der Waals surface area contributed by atoms with E-state index in [1.165, 1.54) is 5.56 Å². The molecule has 0 unspecified atom stereocenters. The summed E-state index contributed by atoms with van der Waals surface area (Å²) in [5.74, 6) is 0.773. The Balaban J connectivity index is 1.78. The number of aryl methyl sites for hydroxylation is 1. The predicted octanol–water partition coefficient (Wildman–Crippen LogP) is 2.42. The lowest BCUT2D eigenvalue weighted by Crippen LogP contribution is -2.35. The molecule has 1 spiro atoms. The van der Waals surface area contributed by atoms with Crippen LogP contribution in [0.5, 0.6) is 0 Å². The van der Waals surface area contributed by atoms with Crippen LogP contribution in [0, 0.1) is 0 Å². The van der Waals surface area contributed by atoms with Crippen LogP contribution in [-0.4, -0.2) is 15.9 Å². The van der Waals surface area contributed by atoms with Crippen molar-refractivity contribution in [2.75, 3.05) is 5.32 Å². The molecule has 106 valence electrons. The van der Waals surface area contributed by atoms with Crippen molar-refractivity contribution in [3.05, 3.63) is 53.0 Å². The molecule has 0 saturated heterocycles. The van der Waals surface area contributed by atoms with E-state index in [0.717, 1.165) is 36.2 Å². The zero-order valence-corrected chi connectivity index (χ0v) is 12.0. The highest BCUT2D eigenvalue weighted by Crippen LogP contribution is 2.45. The number of nitrogens with zero attached hydrogens (tertiary/aromatic N) is 2. The van der Waals surface area contributed by atoms with Crippen LogP contribution in [0.25, 0.3) is 0 Å². The van der Waals surface area contributed by atoms with Gasteiger partial charge in [0, 0.05) is 29.6 Å². The summed E-state index contributed by atoms with van der Waals surface area (Å²) >= 11 is 0. The van der Waals surface area contributed by atoms with E-state index in [1.807, 2.05) is 12.1 Å². The van der Waals surface area contributed by atoms with Gasteiger partial charge >= 0.3 is 0 Å². The number of nitrogens with one attached hydrogen (secondary N) is 1. The van der Waals surface area contributed by atoms with Crippen LogP contribution in [0.2, 0.25) is 0 Å². The number of fused-ring (bicyclic) bond motifs is 3. The maximum atomic E-state index is 12.6. The molecule has 2 aromatic heterocycles. The molecule has 21 heavy (non-hydrogen) atoms. The van der Waals surface area contributed by atoms with Gasteiger partial charge in [-0.15, -0.1) is 0 Å². The summed E-state index contributed by atoms with van der Waals surface area (Å²) in [7, 11) is 0. The maximum absolute atomic E-state index is 12.6. The van der Waals surface area contributed by atoms with Crippen LogP contribution in [0.15, 0.2) is 30.5 Å². The smallest absolute Gasteiger partial charge is 0.237 e. The van der Waals surface area contributed by atoms with E-state index in [2.05, 4.69) is 29.4 Å². The Labute approximate surface area is 123 Å². The molecule has 2 aliphatic rings. The monoisotopic (exact) mass is 279 g/mol. The van der Waals surface area contributed by atoms with Gasteiger partial charge in [-0.05, 0) is 30.5 Å². The number of rotatable bonds is 2. The van der Waals surface area contributed by atoms with Crippen LogP contribution >= 0.6 is 0 Å². The molecule has 0 aromatic carbocycles. The average Bonchev–Trinajstić information content (AvgIpc) is 2.99. The maximum Gasteiger partial charge on any atom is 0.237 e. The van der Waals surface area contributed by atoms with Crippen molar-refractivity contribution in [3.63, 3.8) is 0 Å². The Morgan fingerprint density at radius 1 is 1.29 bits per heavy atom. The van der Waals surface area contributed by atoms with Crippen LogP contribution in [0.1, 0.15) is 35.9 Å². The SMILES string of the molecule is CCCc1ccc2c(n1)C[C@@]1(C2)C(=O)Nc2ncccc21. The number of carbonyl (C=O) groups is 1. The Hall–Kier alpha value is -2.23. The third-order valence-corrected chi connectivity index (χ3v) is 4.58. The molecule has 4 heteroatoms. The first kappa shape index (κ1) is 12.5. The number of anilines is 1. The number of aromatic nitrogens is 2. The summed E-state index contributed by atoms with van der Waals surface area (Å²) in [6, 6.07) is 8.15. The van der Waals surface area contributed by atoms with E-state index in [-0.39, 0.29) is 5.91 Å². The lowest BCUT2D eigenvalue weighted by molar-refractivity contribution is -0.120. The number of amides is 1. The Bertz CT molecular complexity index is 741. The molecule has 0 bridgehead atoms. The first-order chi connectivity index (χ1) is 10.2. The van der Waals surface area contributed by atoms with E-state index >= 15 is 0 Å². The van der Waals surface area contributed by atoms with Gasteiger partial charge in [-0.1, -0.05) is 25.5 Å². The normalized spacial score (nSPS) is 22.2. The summed E-state index contributed by atoms with van der Waals surface area (Å²) in [5, 5.41) is 2.93. The van der Waals surface area contributed by atoms with Crippen molar-refractivity contribution in [1.82, 2.24) is 9.97 Å². The quantitative estimate of drug-likeness (QED) is 0.918. The molecule has 1 aliphatic carbocycles. The van der Waals surface area contributed by atoms with Crippen LogP contribution < -0.4 is 5.32 Å². The van der Waals surface area contributed by atoms with Gasteiger partial charge in [0.1, 0.15) is 5.82 Å². The number of pyridine rings is 2. The Morgan fingerprint density at radius 3 is 3.05 bits per heavy atom. The highest BCUT2D eigenvalue weighted by atomic mass is 16.2. The number of hydrogen-bond acceptors (Lipinski definition) is 3. The van der Waals surface area contributed by atoms with Crippen molar-refractivity contribution < 1.29 is 4.79 Å². The molecule has 0 saturated carbocycles. The van der Waals surface area contributed by atoms with Gasteiger partial charge in [0.15, 0.2) is 0 Å². The highest BCUT2D eigenvalue weighted by Gasteiger charge is 2.51. The van der Waals surface area contributed by atoms with Crippen molar-refractivity contribution in [1.29, 1.82) is 0 Å². The minimum atomic E-state index is -0.496. The van der Waals surface area contributed by atoms with E-state index in [1.54, 1.807) is 6.20 Å². The molecule has 1 N–H and O–H groups in total. The van der Waals surface area contributed by atoms with Crippen LogP contribution in [-0.2, 0) is 29.5 Å². The van der Waals surface area contributed by atoms with E-state index in [4.69, 9.17) is 4.98 Å². The van der Waals surface area contributed by atoms with Gasteiger partial charge in [-0.3, -0.25) is 9.78 Å². The van der Waals surface area contributed by atoms with Crippen molar-refractivity contribution in [2.24, 2.45) is 0 Å². The molecule has 0 radical (unpaired) electrons. The molecule has 4 nitrogen and oxygen atoms in total. The van der Waals surface area contributed by atoms with Crippen molar-refractivity contribution in [2.45, 2.75) is 38.0 Å². The molecule has 1 amide bonds. The van der Waals surface area contributed by atoms with Crippen LogP contribution in [0.4, 0.5) is 5.82 Å². The first-order valence-electron chi connectivity index (χ1n) is 7.47. The lowest BCUT2D eigenvalue weighted by atomic mass is 9.80. The summed E-state index contributed by atoms with van der Waals surface area (Å²) in [6.45, 7) is 2.16. The largest absolute Gasteiger partial charge is 0.310 e. The Kier molecular flexibility index (Phi) is 2.61. The van der Waals surface area contributed by atoms with Gasteiger partial charge < -0.3 is 5.32 Å². The second-order valence-corrected chi connectivity index (χ2v) is 5.95. The average molecular weight is 279 g/mol. The molecule has 4 rings (SSSR count). The second-order valence-electron chi connectivity index (χ2n) is 5.95. The fraction of sp³-hybridized carbons (Fsp3) is 0.353. The third-order valence-electron chi connectivity index (χ3n) is 4.58. The summed E-state index contributed by atoms with van der Waals surface area (Å²) in [5.41, 5.74) is 3.92. The lowest BCUT2D eigenvalue weighted by Gasteiger charge is -2.19. The molecular formula is C17H17N3O. The topological polar surface area (TPSA) is 54.9 Å². The van der Waals surface area contributed by atoms with E-state index in [0.29, 0.717) is 12.2 Å². The fourth-order valence-corrected chi connectivity index (χ4v) is 3.55.